The Labute approximate surface area is 150 Å². The number of ether oxygens (including phenoxy) is 2. The van der Waals surface area contributed by atoms with Gasteiger partial charge in [-0.15, -0.1) is 6.58 Å². The van der Waals surface area contributed by atoms with Crippen molar-refractivity contribution in [2.75, 3.05) is 7.05 Å². The van der Waals surface area contributed by atoms with E-state index in [1.54, 1.807) is 33.9 Å². The number of likely N-dealkylation sites (N-methyl/N-ethyl adjacent to an activating group) is 1. The number of carbonyl (C=O) groups excluding carboxylic acids is 2. The fourth-order valence-electron chi connectivity index (χ4n) is 2.40. The van der Waals surface area contributed by atoms with E-state index in [1.807, 2.05) is 37.3 Å². The molecule has 138 valence electrons. The van der Waals surface area contributed by atoms with E-state index < -0.39 is 23.7 Å². The number of hydrogen-bond acceptors (Lipinski definition) is 4. The predicted octanol–water partition coefficient (Wildman–Crippen LogP) is 4.18. The molecule has 0 saturated carbocycles. The van der Waals surface area contributed by atoms with Gasteiger partial charge in [0.05, 0.1) is 0 Å². The molecule has 0 N–H and O–H groups in total. The van der Waals surface area contributed by atoms with E-state index >= 15 is 0 Å². The van der Waals surface area contributed by atoms with Crippen LogP contribution in [-0.2, 0) is 20.9 Å². The van der Waals surface area contributed by atoms with E-state index in [9.17, 15) is 9.59 Å². The van der Waals surface area contributed by atoms with E-state index in [0.717, 1.165) is 5.56 Å². The molecule has 25 heavy (non-hydrogen) atoms. The van der Waals surface area contributed by atoms with Gasteiger partial charge in [-0.3, -0.25) is 4.90 Å². The molecule has 0 saturated heterocycles. The number of rotatable bonds is 7. The topological polar surface area (TPSA) is 55.8 Å². The summed E-state index contributed by atoms with van der Waals surface area (Å²) in [6, 6.07) is 8.64. The Morgan fingerprint density at radius 2 is 1.84 bits per heavy atom. The number of amides is 1. The highest BCUT2D eigenvalue weighted by molar-refractivity contribution is 5.82. The van der Waals surface area contributed by atoms with Gasteiger partial charge in [-0.1, -0.05) is 43.3 Å². The molecule has 0 heterocycles. The summed E-state index contributed by atoms with van der Waals surface area (Å²) in [7, 11) is 1.55. The van der Waals surface area contributed by atoms with Crippen molar-refractivity contribution in [2.24, 2.45) is 5.92 Å². The van der Waals surface area contributed by atoms with Crippen molar-refractivity contribution in [1.29, 1.82) is 0 Å². The fourth-order valence-corrected chi connectivity index (χ4v) is 2.40. The van der Waals surface area contributed by atoms with Crippen LogP contribution in [0.25, 0.3) is 0 Å². The van der Waals surface area contributed by atoms with Crippen molar-refractivity contribution >= 4 is 12.1 Å². The lowest BCUT2D eigenvalue weighted by Crippen LogP contribution is -2.49. The Morgan fingerprint density at radius 3 is 2.32 bits per heavy atom. The van der Waals surface area contributed by atoms with Gasteiger partial charge in [0.25, 0.3) is 0 Å². The van der Waals surface area contributed by atoms with Gasteiger partial charge in [0, 0.05) is 13.0 Å². The molecule has 0 aliphatic heterocycles. The van der Waals surface area contributed by atoms with Crippen molar-refractivity contribution in [2.45, 2.75) is 52.4 Å². The number of esters is 1. The van der Waals surface area contributed by atoms with Gasteiger partial charge in [-0.25, -0.2) is 9.59 Å². The van der Waals surface area contributed by atoms with Crippen LogP contribution >= 0.6 is 0 Å². The van der Waals surface area contributed by atoms with Crippen LogP contribution in [0.2, 0.25) is 0 Å². The molecular weight excluding hydrogens is 318 g/mol. The molecule has 0 spiro atoms. The summed E-state index contributed by atoms with van der Waals surface area (Å²) in [6.45, 7) is 11.2. The van der Waals surface area contributed by atoms with Gasteiger partial charge < -0.3 is 9.47 Å². The maximum atomic E-state index is 12.7. The van der Waals surface area contributed by atoms with Crippen molar-refractivity contribution in [3.63, 3.8) is 0 Å². The lowest BCUT2D eigenvalue weighted by molar-refractivity contribution is -0.152. The van der Waals surface area contributed by atoms with Crippen LogP contribution in [0.3, 0.4) is 0 Å². The van der Waals surface area contributed by atoms with Gasteiger partial charge in [0.2, 0.25) is 0 Å². The van der Waals surface area contributed by atoms with Crippen molar-refractivity contribution in [3.8, 4) is 0 Å². The normalized spacial score (nSPS) is 13.5. The van der Waals surface area contributed by atoms with Gasteiger partial charge in [0.1, 0.15) is 18.2 Å². The molecule has 0 aliphatic rings. The molecule has 5 heteroatoms. The maximum Gasteiger partial charge on any atom is 0.410 e. The second kappa shape index (κ2) is 9.25. The molecule has 2 atom stereocenters. The van der Waals surface area contributed by atoms with Crippen LogP contribution < -0.4 is 0 Å². The first kappa shape index (κ1) is 20.7. The lowest BCUT2D eigenvalue weighted by atomic mass is 9.96. The SMILES string of the molecule is C=C[C@@H](CC)[C@@H](C(=O)OCc1ccccc1)N(C)C(=O)OC(C)(C)C. The minimum atomic E-state index is -0.777. The van der Waals surface area contributed by atoms with Crippen molar-refractivity contribution in [3.05, 3.63) is 48.6 Å². The number of benzene rings is 1. The third-order valence-corrected chi connectivity index (χ3v) is 3.74. The van der Waals surface area contributed by atoms with Crippen LogP contribution in [0.4, 0.5) is 4.79 Å². The number of nitrogens with zero attached hydrogens (tertiary/aromatic N) is 1. The largest absolute Gasteiger partial charge is 0.459 e. The second-order valence-corrected chi connectivity index (χ2v) is 6.94. The van der Waals surface area contributed by atoms with Gasteiger partial charge in [0.15, 0.2) is 0 Å². The zero-order valence-corrected chi connectivity index (χ0v) is 15.8. The zero-order valence-electron chi connectivity index (χ0n) is 15.8. The summed E-state index contributed by atoms with van der Waals surface area (Å²) in [5.41, 5.74) is 0.251. The third kappa shape index (κ3) is 6.61. The minimum absolute atomic E-state index is 0.159. The molecule has 1 amide bonds. The first-order valence-electron chi connectivity index (χ1n) is 8.48. The highest BCUT2D eigenvalue weighted by atomic mass is 16.6. The van der Waals surface area contributed by atoms with E-state index in [-0.39, 0.29) is 12.5 Å². The van der Waals surface area contributed by atoms with Crippen LogP contribution in [-0.4, -0.2) is 35.7 Å². The molecular formula is C20H29NO4. The quantitative estimate of drug-likeness (QED) is 0.548. The predicted molar refractivity (Wildman–Crippen MR) is 98.0 cm³/mol. The average molecular weight is 347 g/mol. The Bertz CT molecular complexity index is 577. The molecule has 0 aliphatic carbocycles. The van der Waals surface area contributed by atoms with E-state index in [2.05, 4.69) is 6.58 Å². The Hall–Kier alpha value is -2.30. The van der Waals surface area contributed by atoms with Gasteiger partial charge in [-0.2, -0.15) is 0 Å². The first-order valence-corrected chi connectivity index (χ1v) is 8.48. The van der Waals surface area contributed by atoms with Gasteiger partial charge >= 0.3 is 12.1 Å². The molecule has 0 unspecified atom stereocenters. The summed E-state index contributed by atoms with van der Waals surface area (Å²) in [4.78, 5) is 26.3. The molecule has 1 rings (SSSR count). The number of carbonyl (C=O) groups is 2. The summed E-state index contributed by atoms with van der Waals surface area (Å²) in [6.07, 6.45) is 1.77. The molecule has 0 fully saturated rings. The van der Waals surface area contributed by atoms with Crippen LogP contribution in [0.15, 0.2) is 43.0 Å². The molecule has 0 radical (unpaired) electrons. The van der Waals surface area contributed by atoms with Gasteiger partial charge in [-0.05, 0) is 32.8 Å². The minimum Gasteiger partial charge on any atom is -0.459 e. The Kier molecular flexibility index (Phi) is 7.68. The van der Waals surface area contributed by atoms with Crippen LogP contribution in [0, 0.1) is 5.92 Å². The highest BCUT2D eigenvalue weighted by Crippen LogP contribution is 2.20. The highest BCUT2D eigenvalue weighted by Gasteiger charge is 2.35. The molecule has 0 aromatic heterocycles. The molecule has 1 aromatic rings. The van der Waals surface area contributed by atoms with Crippen LogP contribution in [0.5, 0.6) is 0 Å². The molecule has 1 aromatic carbocycles. The standard InChI is InChI=1S/C20H29NO4/c1-7-16(8-2)17(21(6)19(23)25-20(3,4)5)18(22)24-14-15-12-10-9-11-13-15/h7,9-13,16-17H,1,8,14H2,2-6H3/t16-,17-/m0/s1. The second-order valence-electron chi connectivity index (χ2n) is 6.94. The maximum absolute atomic E-state index is 12.7. The average Bonchev–Trinajstić information content (AvgIpc) is 2.56. The van der Waals surface area contributed by atoms with E-state index in [4.69, 9.17) is 9.47 Å². The van der Waals surface area contributed by atoms with E-state index in [0.29, 0.717) is 6.42 Å². The number of hydrogen-bond donors (Lipinski definition) is 0. The summed E-state index contributed by atoms with van der Waals surface area (Å²) in [5, 5.41) is 0. The third-order valence-electron chi connectivity index (χ3n) is 3.74. The summed E-state index contributed by atoms with van der Waals surface area (Å²) in [5.74, 6) is -0.690. The Balaban J connectivity index is 2.89. The van der Waals surface area contributed by atoms with Crippen LogP contribution in [0.1, 0.15) is 39.7 Å². The monoisotopic (exact) mass is 347 g/mol. The first-order chi connectivity index (χ1) is 11.7. The lowest BCUT2D eigenvalue weighted by Gasteiger charge is -2.32. The van der Waals surface area contributed by atoms with Crippen molar-refractivity contribution < 1.29 is 19.1 Å². The van der Waals surface area contributed by atoms with E-state index in [1.165, 1.54) is 4.90 Å². The molecule has 0 bridgehead atoms. The molecule has 5 nitrogen and oxygen atoms in total. The zero-order chi connectivity index (χ0) is 19.0. The Morgan fingerprint density at radius 1 is 1.24 bits per heavy atom. The fraction of sp³-hybridized carbons (Fsp3) is 0.500. The smallest absolute Gasteiger partial charge is 0.410 e. The van der Waals surface area contributed by atoms with Crippen molar-refractivity contribution in [1.82, 2.24) is 4.90 Å². The summed E-state index contributed by atoms with van der Waals surface area (Å²) >= 11 is 0. The summed E-state index contributed by atoms with van der Waals surface area (Å²) < 4.78 is 10.8.